The molecule has 0 aliphatic carbocycles. The number of carbonyl (C=O) groups excluding carboxylic acids is 2. The summed E-state index contributed by atoms with van der Waals surface area (Å²) in [5.74, 6) is -0.955. The van der Waals surface area contributed by atoms with Crippen molar-refractivity contribution in [1.82, 2.24) is 10.2 Å². The number of hydrogen-bond acceptors (Lipinski definition) is 4. The average molecular weight is 506 g/mol. The molecule has 2 rings (SSSR count). The lowest BCUT2D eigenvalue weighted by Crippen LogP contribution is -2.49. The van der Waals surface area contributed by atoms with E-state index >= 15 is 0 Å². The number of amides is 2. The van der Waals surface area contributed by atoms with E-state index in [0.717, 1.165) is 17.4 Å². The van der Waals surface area contributed by atoms with Crippen LogP contribution in [0.3, 0.4) is 0 Å². The van der Waals surface area contributed by atoms with Gasteiger partial charge in [0, 0.05) is 25.6 Å². The Bertz CT molecular complexity index is 1130. The van der Waals surface area contributed by atoms with Crippen LogP contribution in [-0.4, -0.2) is 50.0 Å². The van der Waals surface area contributed by atoms with Gasteiger partial charge in [-0.3, -0.25) is 13.9 Å². The number of hydrogen-bond donors (Lipinski definition) is 1. The molecule has 0 unspecified atom stereocenters. The van der Waals surface area contributed by atoms with Crippen LogP contribution in [0.25, 0.3) is 0 Å². The fourth-order valence-corrected chi connectivity index (χ4v) is 4.78. The summed E-state index contributed by atoms with van der Waals surface area (Å²) in [5, 5.41) is 2.82. The van der Waals surface area contributed by atoms with E-state index in [0.29, 0.717) is 11.3 Å². The van der Waals surface area contributed by atoms with E-state index < -0.39 is 16.1 Å². The smallest absolute Gasteiger partial charge is 0.242 e. The highest BCUT2D eigenvalue weighted by Crippen LogP contribution is 2.25. The van der Waals surface area contributed by atoms with Gasteiger partial charge in [-0.25, -0.2) is 12.8 Å². The van der Waals surface area contributed by atoms with E-state index in [4.69, 9.17) is 0 Å². The third-order valence-corrected chi connectivity index (χ3v) is 7.04. The van der Waals surface area contributed by atoms with Crippen molar-refractivity contribution in [1.29, 1.82) is 0 Å². The number of nitrogens with zero attached hydrogens (tertiary/aromatic N) is 2. The zero-order chi connectivity index (χ0) is 26.3. The van der Waals surface area contributed by atoms with Gasteiger partial charge in [-0.05, 0) is 75.9 Å². The Kier molecular flexibility index (Phi) is 9.82. The van der Waals surface area contributed by atoms with Crippen LogP contribution in [0.2, 0.25) is 0 Å². The van der Waals surface area contributed by atoms with Gasteiger partial charge >= 0.3 is 0 Å². The van der Waals surface area contributed by atoms with Gasteiger partial charge in [0.25, 0.3) is 0 Å². The SMILES string of the molecule is Cc1cccc(N(CCCC(=O)N(Cc2ccc(F)cc2)[C@H](C)C(=O)NC(C)C)S(C)(=O)=O)c1C. The highest BCUT2D eigenvalue weighted by Gasteiger charge is 2.27. The average Bonchev–Trinajstić information content (AvgIpc) is 2.76. The molecule has 0 heterocycles. The van der Waals surface area contributed by atoms with Crippen LogP contribution >= 0.6 is 0 Å². The van der Waals surface area contributed by atoms with Gasteiger partial charge in [-0.15, -0.1) is 0 Å². The van der Waals surface area contributed by atoms with Crippen molar-refractivity contribution in [3.05, 3.63) is 65.0 Å². The molecule has 1 N–H and O–H groups in total. The highest BCUT2D eigenvalue weighted by molar-refractivity contribution is 7.92. The standard InChI is InChI=1S/C26H36FN3O4S/c1-18(2)28-26(32)21(5)29(17-22-12-14-23(27)15-13-22)25(31)11-8-16-30(35(6,33)34)24-10-7-9-19(3)20(24)4/h7,9-10,12-15,18,21H,8,11,16-17H2,1-6H3,(H,28,32)/t21-/m1/s1. The lowest BCUT2D eigenvalue weighted by molar-refractivity contribution is -0.140. The molecule has 0 saturated carbocycles. The summed E-state index contributed by atoms with van der Waals surface area (Å²) in [6.07, 6.45) is 1.48. The Morgan fingerprint density at radius 2 is 1.66 bits per heavy atom. The van der Waals surface area contributed by atoms with E-state index in [-0.39, 0.29) is 49.6 Å². The van der Waals surface area contributed by atoms with E-state index in [1.54, 1.807) is 31.2 Å². The summed E-state index contributed by atoms with van der Waals surface area (Å²) in [4.78, 5) is 27.3. The molecule has 192 valence electrons. The lowest BCUT2D eigenvalue weighted by atomic mass is 10.1. The molecule has 7 nitrogen and oxygen atoms in total. The number of rotatable bonds is 11. The largest absolute Gasteiger partial charge is 0.352 e. The monoisotopic (exact) mass is 505 g/mol. The first kappa shape index (κ1) is 28.3. The Hall–Kier alpha value is -2.94. The predicted molar refractivity (Wildman–Crippen MR) is 137 cm³/mol. The molecule has 0 bridgehead atoms. The number of carbonyl (C=O) groups is 2. The van der Waals surface area contributed by atoms with Gasteiger partial charge in [-0.2, -0.15) is 0 Å². The molecule has 35 heavy (non-hydrogen) atoms. The number of benzene rings is 2. The Labute approximate surface area is 208 Å². The lowest BCUT2D eigenvalue weighted by Gasteiger charge is -2.30. The minimum Gasteiger partial charge on any atom is -0.352 e. The van der Waals surface area contributed by atoms with Crippen LogP contribution in [0.4, 0.5) is 10.1 Å². The molecule has 0 aliphatic heterocycles. The second-order valence-corrected chi connectivity index (χ2v) is 11.1. The third kappa shape index (κ3) is 8.06. The van der Waals surface area contributed by atoms with Crippen molar-refractivity contribution in [2.45, 2.75) is 66.1 Å². The van der Waals surface area contributed by atoms with Crippen LogP contribution in [-0.2, 0) is 26.2 Å². The maximum Gasteiger partial charge on any atom is 0.242 e. The van der Waals surface area contributed by atoms with Gasteiger partial charge in [0.1, 0.15) is 11.9 Å². The van der Waals surface area contributed by atoms with Gasteiger partial charge in [0.05, 0.1) is 11.9 Å². The van der Waals surface area contributed by atoms with Crippen LogP contribution in [0.1, 0.15) is 50.3 Å². The number of nitrogens with one attached hydrogen (secondary N) is 1. The van der Waals surface area contributed by atoms with Crippen molar-refractivity contribution in [3.63, 3.8) is 0 Å². The second kappa shape index (κ2) is 12.2. The fourth-order valence-electron chi connectivity index (χ4n) is 3.76. The van der Waals surface area contributed by atoms with Crippen molar-refractivity contribution >= 4 is 27.5 Å². The molecule has 0 fully saturated rings. The molecule has 9 heteroatoms. The third-order valence-electron chi connectivity index (χ3n) is 5.86. The topological polar surface area (TPSA) is 86.8 Å². The van der Waals surface area contributed by atoms with Gasteiger partial charge in [-0.1, -0.05) is 24.3 Å². The minimum atomic E-state index is -3.56. The fraction of sp³-hybridized carbons (Fsp3) is 0.462. The number of anilines is 1. The molecule has 0 aliphatic rings. The zero-order valence-electron chi connectivity index (χ0n) is 21.3. The molecule has 1 atom stereocenters. The van der Waals surface area contributed by atoms with E-state index in [1.807, 2.05) is 33.8 Å². The van der Waals surface area contributed by atoms with Crippen molar-refractivity contribution in [3.8, 4) is 0 Å². The molecule has 0 aromatic heterocycles. The van der Waals surface area contributed by atoms with Crippen LogP contribution in [0.15, 0.2) is 42.5 Å². The van der Waals surface area contributed by atoms with Crippen LogP contribution in [0.5, 0.6) is 0 Å². The number of aryl methyl sites for hydroxylation is 1. The second-order valence-electron chi connectivity index (χ2n) is 9.15. The van der Waals surface area contributed by atoms with E-state index in [1.165, 1.54) is 21.3 Å². The molecule has 2 aromatic rings. The number of sulfonamides is 1. The minimum absolute atomic E-state index is 0.0530. The van der Waals surface area contributed by atoms with E-state index in [2.05, 4.69) is 5.32 Å². The summed E-state index contributed by atoms with van der Waals surface area (Å²) >= 11 is 0. The predicted octanol–water partition coefficient (Wildman–Crippen LogP) is 3.93. The Morgan fingerprint density at radius 1 is 1.03 bits per heavy atom. The normalized spacial score (nSPS) is 12.3. The van der Waals surface area contributed by atoms with Gasteiger partial charge in [0.2, 0.25) is 21.8 Å². The van der Waals surface area contributed by atoms with Crippen LogP contribution in [0, 0.1) is 19.7 Å². The van der Waals surface area contributed by atoms with E-state index in [9.17, 15) is 22.4 Å². The summed E-state index contributed by atoms with van der Waals surface area (Å²) < 4.78 is 39.7. The first-order chi connectivity index (χ1) is 16.3. The first-order valence-corrected chi connectivity index (χ1v) is 13.5. The molecular formula is C26H36FN3O4S. The highest BCUT2D eigenvalue weighted by atomic mass is 32.2. The van der Waals surface area contributed by atoms with Crippen LogP contribution < -0.4 is 9.62 Å². The Morgan fingerprint density at radius 3 is 2.23 bits per heavy atom. The van der Waals surface area contributed by atoms with Gasteiger partial charge in [0.15, 0.2) is 0 Å². The number of halogens is 1. The summed E-state index contributed by atoms with van der Waals surface area (Å²) in [7, 11) is -3.56. The molecular weight excluding hydrogens is 469 g/mol. The molecule has 0 saturated heterocycles. The maximum absolute atomic E-state index is 13.3. The Balaban J connectivity index is 2.20. The van der Waals surface area contributed by atoms with Crippen molar-refractivity contribution in [2.24, 2.45) is 0 Å². The maximum atomic E-state index is 13.3. The van der Waals surface area contributed by atoms with Crippen molar-refractivity contribution in [2.75, 3.05) is 17.1 Å². The molecule has 0 spiro atoms. The molecule has 2 aromatic carbocycles. The summed E-state index contributed by atoms with van der Waals surface area (Å²) in [6.45, 7) is 9.38. The van der Waals surface area contributed by atoms with Crippen molar-refractivity contribution < 1.29 is 22.4 Å². The molecule has 0 radical (unpaired) electrons. The summed E-state index contributed by atoms with van der Waals surface area (Å²) in [5.41, 5.74) is 3.12. The quantitative estimate of drug-likeness (QED) is 0.501. The van der Waals surface area contributed by atoms with Gasteiger partial charge < -0.3 is 10.2 Å². The molecule has 2 amide bonds. The zero-order valence-corrected chi connectivity index (χ0v) is 22.2. The first-order valence-electron chi connectivity index (χ1n) is 11.7. The summed E-state index contributed by atoms with van der Waals surface area (Å²) in [6, 6.07) is 10.4.